The van der Waals surface area contributed by atoms with Gasteiger partial charge in [0.2, 0.25) is 5.91 Å². The summed E-state index contributed by atoms with van der Waals surface area (Å²) in [6.45, 7) is 4.39. The summed E-state index contributed by atoms with van der Waals surface area (Å²) in [5, 5.41) is 11.4. The van der Waals surface area contributed by atoms with Crippen molar-refractivity contribution in [3.63, 3.8) is 0 Å². The minimum absolute atomic E-state index is 0.0881. The van der Waals surface area contributed by atoms with Crippen molar-refractivity contribution in [1.29, 1.82) is 0 Å². The third kappa shape index (κ3) is 5.50. The Bertz CT molecular complexity index is 296. The molecule has 5 heteroatoms. The summed E-state index contributed by atoms with van der Waals surface area (Å²) >= 11 is 0. The van der Waals surface area contributed by atoms with Crippen molar-refractivity contribution in [3.8, 4) is 0 Å². The lowest BCUT2D eigenvalue weighted by atomic mass is 10.1. The number of hydrogen-bond acceptors (Lipinski definition) is 3. The fourth-order valence-electron chi connectivity index (χ4n) is 1.06. The van der Waals surface area contributed by atoms with Gasteiger partial charge in [-0.25, -0.2) is 4.79 Å². The Kier molecular flexibility index (Phi) is 6.41. The van der Waals surface area contributed by atoms with E-state index in [1.165, 1.54) is 13.8 Å². The van der Waals surface area contributed by atoms with Crippen LogP contribution in [0, 0.1) is 0 Å². The summed E-state index contributed by atoms with van der Waals surface area (Å²) in [7, 11) is 3.92. The Morgan fingerprint density at radius 2 is 1.75 bits per heavy atom. The van der Waals surface area contributed by atoms with Crippen molar-refractivity contribution in [2.75, 3.05) is 27.2 Å². The van der Waals surface area contributed by atoms with Gasteiger partial charge in [0, 0.05) is 17.7 Å². The van der Waals surface area contributed by atoms with Gasteiger partial charge in [-0.3, -0.25) is 4.79 Å². The van der Waals surface area contributed by atoms with E-state index in [2.05, 4.69) is 5.32 Å². The van der Waals surface area contributed by atoms with Gasteiger partial charge in [0.05, 0.1) is 0 Å². The van der Waals surface area contributed by atoms with Crippen LogP contribution < -0.4 is 5.32 Å². The van der Waals surface area contributed by atoms with Crippen molar-refractivity contribution >= 4 is 11.9 Å². The first kappa shape index (κ1) is 14.6. The molecule has 2 N–H and O–H groups in total. The third-order valence-electron chi connectivity index (χ3n) is 2.29. The molecule has 0 heterocycles. The van der Waals surface area contributed by atoms with Crippen LogP contribution in [0.15, 0.2) is 11.1 Å². The number of nitrogens with zero attached hydrogens (tertiary/aromatic N) is 1. The molecule has 0 saturated carbocycles. The zero-order valence-electron chi connectivity index (χ0n) is 10.3. The van der Waals surface area contributed by atoms with Crippen LogP contribution in [0.4, 0.5) is 0 Å². The van der Waals surface area contributed by atoms with E-state index in [9.17, 15) is 9.59 Å². The Hall–Kier alpha value is -1.36. The number of hydrogen-bond donors (Lipinski definition) is 2. The predicted octanol–water partition coefficient (Wildman–Crippen LogP) is 0.475. The Balaban J connectivity index is 4.08. The second-order valence-electron chi connectivity index (χ2n) is 3.97. The van der Waals surface area contributed by atoms with Gasteiger partial charge >= 0.3 is 5.97 Å². The molecule has 0 aromatic rings. The smallest absolute Gasteiger partial charge is 0.331 e. The van der Waals surface area contributed by atoms with Gasteiger partial charge in [0.1, 0.15) is 0 Å². The number of aliphatic carboxylic acids is 1. The van der Waals surface area contributed by atoms with Crippen LogP contribution in [-0.2, 0) is 9.59 Å². The molecular weight excluding hydrogens is 208 g/mol. The molecule has 1 amide bonds. The van der Waals surface area contributed by atoms with E-state index in [0.29, 0.717) is 6.54 Å². The van der Waals surface area contributed by atoms with E-state index in [-0.39, 0.29) is 17.1 Å². The molecule has 0 radical (unpaired) electrons. The van der Waals surface area contributed by atoms with E-state index in [0.717, 1.165) is 13.0 Å². The Morgan fingerprint density at radius 1 is 1.19 bits per heavy atom. The summed E-state index contributed by atoms with van der Waals surface area (Å²) in [5.74, 6) is -1.36. The highest BCUT2D eigenvalue weighted by atomic mass is 16.4. The summed E-state index contributed by atoms with van der Waals surface area (Å²) in [6.07, 6.45) is 0.845. The van der Waals surface area contributed by atoms with Crippen molar-refractivity contribution in [2.24, 2.45) is 0 Å². The van der Waals surface area contributed by atoms with Crippen molar-refractivity contribution in [2.45, 2.75) is 20.3 Å². The summed E-state index contributed by atoms with van der Waals surface area (Å²) in [4.78, 5) is 24.1. The van der Waals surface area contributed by atoms with E-state index in [1.54, 1.807) is 0 Å². The summed E-state index contributed by atoms with van der Waals surface area (Å²) < 4.78 is 0. The molecule has 0 unspecified atom stereocenters. The molecule has 0 aliphatic heterocycles. The average Bonchev–Trinajstić information content (AvgIpc) is 2.21. The highest BCUT2D eigenvalue weighted by molar-refractivity contribution is 6.01. The van der Waals surface area contributed by atoms with Crippen LogP contribution in [0.3, 0.4) is 0 Å². The van der Waals surface area contributed by atoms with Gasteiger partial charge in [0.15, 0.2) is 0 Å². The summed E-state index contributed by atoms with van der Waals surface area (Å²) in [5.41, 5.74) is 0.350. The standard InChI is InChI=1S/C11H20N2O3/c1-8(9(2)11(15)16)10(14)12-6-5-7-13(3)4/h5-7H2,1-4H3,(H,12,14)(H,15,16). The molecule has 0 aliphatic carbocycles. The second-order valence-corrected chi connectivity index (χ2v) is 3.97. The van der Waals surface area contributed by atoms with Crippen LogP contribution in [0.2, 0.25) is 0 Å². The van der Waals surface area contributed by atoms with E-state index < -0.39 is 5.97 Å². The highest BCUT2D eigenvalue weighted by Gasteiger charge is 2.11. The normalized spacial score (nSPS) is 12.3. The molecule has 0 saturated heterocycles. The SMILES string of the molecule is CC(C(=O)O)=C(C)C(=O)NCCCN(C)C. The number of carboxylic acid groups (broad SMARTS) is 1. The number of amides is 1. The zero-order chi connectivity index (χ0) is 12.7. The molecule has 0 atom stereocenters. The highest BCUT2D eigenvalue weighted by Crippen LogP contribution is 2.03. The molecule has 16 heavy (non-hydrogen) atoms. The monoisotopic (exact) mass is 228 g/mol. The minimum Gasteiger partial charge on any atom is -0.478 e. The van der Waals surface area contributed by atoms with Crippen LogP contribution in [0.25, 0.3) is 0 Å². The van der Waals surface area contributed by atoms with Crippen molar-refractivity contribution < 1.29 is 14.7 Å². The van der Waals surface area contributed by atoms with Gasteiger partial charge in [-0.15, -0.1) is 0 Å². The second kappa shape index (κ2) is 7.00. The third-order valence-corrected chi connectivity index (χ3v) is 2.29. The summed E-state index contributed by atoms with van der Waals surface area (Å²) in [6, 6.07) is 0. The van der Waals surface area contributed by atoms with Gasteiger partial charge in [0.25, 0.3) is 0 Å². The quantitative estimate of drug-likeness (QED) is 0.512. The van der Waals surface area contributed by atoms with Crippen LogP contribution in [0.5, 0.6) is 0 Å². The largest absolute Gasteiger partial charge is 0.478 e. The first-order valence-corrected chi connectivity index (χ1v) is 5.20. The van der Waals surface area contributed by atoms with E-state index >= 15 is 0 Å². The molecule has 0 bridgehead atoms. The molecule has 0 aromatic heterocycles. The lowest BCUT2D eigenvalue weighted by Crippen LogP contribution is -2.28. The van der Waals surface area contributed by atoms with E-state index in [1.807, 2.05) is 19.0 Å². The van der Waals surface area contributed by atoms with Crippen LogP contribution in [-0.4, -0.2) is 49.1 Å². The Labute approximate surface area is 96.1 Å². The zero-order valence-corrected chi connectivity index (χ0v) is 10.3. The molecule has 0 spiro atoms. The lowest BCUT2D eigenvalue weighted by Gasteiger charge is -2.10. The van der Waals surface area contributed by atoms with Gasteiger partial charge in [-0.1, -0.05) is 0 Å². The number of carbonyl (C=O) groups is 2. The number of nitrogens with one attached hydrogen (secondary N) is 1. The maximum absolute atomic E-state index is 11.5. The average molecular weight is 228 g/mol. The maximum atomic E-state index is 11.5. The number of rotatable bonds is 6. The lowest BCUT2D eigenvalue weighted by molar-refractivity contribution is -0.133. The number of carbonyl (C=O) groups excluding carboxylic acids is 1. The van der Waals surface area contributed by atoms with Gasteiger partial charge in [-0.2, -0.15) is 0 Å². The van der Waals surface area contributed by atoms with Crippen LogP contribution in [0.1, 0.15) is 20.3 Å². The van der Waals surface area contributed by atoms with Gasteiger partial charge in [-0.05, 0) is 40.9 Å². The molecule has 0 rings (SSSR count). The number of carboxylic acids is 1. The maximum Gasteiger partial charge on any atom is 0.331 e. The topological polar surface area (TPSA) is 69.6 Å². The molecule has 0 fully saturated rings. The van der Waals surface area contributed by atoms with Crippen molar-refractivity contribution in [1.82, 2.24) is 10.2 Å². The molecule has 5 nitrogen and oxygen atoms in total. The first-order chi connectivity index (χ1) is 7.36. The van der Waals surface area contributed by atoms with Crippen molar-refractivity contribution in [3.05, 3.63) is 11.1 Å². The molecule has 0 aliphatic rings. The molecule has 0 aromatic carbocycles. The minimum atomic E-state index is -1.05. The first-order valence-electron chi connectivity index (χ1n) is 5.20. The fourth-order valence-corrected chi connectivity index (χ4v) is 1.06. The fraction of sp³-hybridized carbons (Fsp3) is 0.636. The molecule has 92 valence electrons. The van der Waals surface area contributed by atoms with E-state index in [4.69, 9.17) is 5.11 Å². The molecular formula is C11H20N2O3. The Morgan fingerprint density at radius 3 is 2.19 bits per heavy atom. The predicted molar refractivity (Wildman–Crippen MR) is 62.2 cm³/mol. The van der Waals surface area contributed by atoms with Gasteiger partial charge < -0.3 is 15.3 Å². The van der Waals surface area contributed by atoms with Crippen LogP contribution >= 0.6 is 0 Å².